The van der Waals surface area contributed by atoms with Crippen molar-refractivity contribution in [3.05, 3.63) is 78.4 Å². The van der Waals surface area contributed by atoms with Gasteiger partial charge in [-0.1, -0.05) is 24.3 Å². The van der Waals surface area contributed by atoms with E-state index in [1.54, 1.807) is 6.20 Å². The minimum atomic E-state index is -0.262. The van der Waals surface area contributed by atoms with Crippen molar-refractivity contribution in [3.63, 3.8) is 0 Å². The highest BCUT2D eigenvalue weighted by atomic mass is 16.2. The van der Waals surface area contributed by atoms with Crippen LogP contribution >= 0.6 is 0 Å². The van der Waals surface area contributed by atoms with Crippen LogP contribution < -0.4 is 10.6 Å². The van der Waals surface area contributed by atoms with Crippen LogP contribution in [-0.2, 0) is 20.1 Å². The van der Waals surface area contributed by atoms with Gasteiger partial charge in [0.05, 0.1) is 24.1 Å². The topological polar surface area (TPSA) is 76.8 Å². The molecule has 2 aromatic carbocycles. The molecule has 27 heavy (non-hydrogen) atoms. The zero-order valence-electron chi connectivity index (χ0n) is 15.0. The third-order valence-electron chi connectivity index (χ3n) is 4.40. The number of rotatable bonds is 5. The molecule has 7 nitrogen and oxygen atoms in total. The van der Waals surface area contributed by atoms with Gasteiger partial charge in [0, 0.05) is 25.1 Å². The molecular weight excluding hydrogens is 340 g/mol. The van der Waals surface area contributed by atoms with Gasteiger partial charge in [-0.25, -0.2) is 9.78 Å². The number of nitrogens with one attached hydrogen (secondary N) is 2. The Labute approximate surface area is 156 Å². The summed E-state index contributed by atoms with van der Waals surface area (Å²) in [6.45, 7) is 1.06. The number of para-hydroxylation sites is 2. The van der Waals surface area contributed by atoms with Gasteiger partial charge in [0.25, 0.3) is 0 Å². The quantitative estimate of drug-likeness (QED) is 0.574. The number of aromatic nitrogens is 4. The van der Waals surface area contributed by atoms with E-state index in [-0.39, 0.29) is 6.03 Å². The summed E-state index contributed by atoms with van der Waals surface area (Å²) in [7, 11) is 1.95. The van der Waals surface area contributed by atoms with E-state index in [0.29, 0.717) is 13.1 Å². The number of amides is 2. The molecule has 2 heterocycles. The first-order valence-corrected chi connectivity index (χ1v) is 8.70. The molecular formula is C20H20N6O. The standard InChI is InChI=1S/C20H20N6O/c1-25-18-6-3-2-5-17(18)24-19(25)13-21-20(27)23-16-9-7-15(8-10-16)14-26-12-4-11-22-26/h2-12H,13-14H2,1H3,(H2,21,23,27). The number of nitrogens with zero attached hydrogens (tertiary/aromatic N) is 4. The average molecular weight is 360 g/mol. The number of hydrogen-bond acceptors (Lipinski definition) is 3. The Balaban J connectivity index is 1.34. The largest absolute Gasteiger partial charge is 0.331 e. The van der Waals surface area contributed by atoms with E-state index in [4.69, 9.17) is 0 Å². The van der Waals surface area contributed by atoms with Crippen molar-refractivity contribution in [3.8, 4) is 0 Å². The summed E-state index contributed by atoms with van der Waals surface area (Å²) in [6.07, 6.45) is 3.67. The normalized spacial score (nSPS) is 10.9. The third kappa shape index (κ3) is 3.82. The van der Waals surface area contributed by atoms with E-state index in [1.807, 2.05) is 77.1 Å². The molecule has 4 aromatic rings. The van der Waals surface area contributed by atoms with E-state index in [9.17, 15) is 4.79 Å². The summed E-state index contributed by atoms with van der Waals surface area (Å²) in [4.78, 5) is 16.7. The van der Waals surface area contributed by atoms with Gasteiger partial charge in [0.1, 0.15) is 5.82 Å². The van der Waals surface area contributed by atoms with Crippen molar-refractivity contribution >= 4 is 22.8 Å². The molecule has 0 unspecified atom stereocenters. The van der Waals surface area contributed by atoms with Crippen molar-refractivity contribution in [1.82, 2.24) is 24.6 Å². The minimum absolute atomic E-state index is 0.262. The number of fused-ring (bicyclic) bond motifs is 1. The van der Waals surface area contributed by atoms with Crippen LogP contribution in [0.3, 0.4) is 0 Å². The molecule has 4 rings (SSSR count). The number of imidazole rings is 1. The first-order valence-electron chi connectivity index (χ1n) is 8.70. The van der Waals surface area contributed by atoms with Crippen LogP contribution in [-0.4, -0.2) is 25.4 Å². The number of anilines is 1. The Bertz CT molecular complexity index is 1050. The van der Waals surface area contributed by atoms with Gasteiger partial charge in [-0.3, -0.25) is 4.68 Å². The maximum atomic E-state index is 12.2. The molecule has 0 spiro atoms. The highest BCUT2D eigenvalue weighted by Crippen LogP contribution is 2.14. The Hall–Kier alpha value is -3.61. The molecule has 7 heteroatoms. The minimum Gasteiger partial charge on any atom is -0.331 e. The number of benzene rings is 2. The molecule has 0 atom stereocenters. The third-order valence-corrected chi connectivity index (χ3v) is 4.40. The van der Waals surface area contributed by atoms with Crippen molar-refractivity contribution < 1.29 is 4.79 Å². The Morgan fingerprint density at radius 3 is 2.63 bits per heavy atom. The summed E-state index contributed by atoms with van der Waals surface area (Å²) in [5, 5.41) is 9.88. The summed E-state index contributed by atoms with van der Waals surface area (Å²) in [5.41, 5.74) is 3.82. The lowest BCUT2D eigenvalue weighted by molar-refractivity contribution is 0.251. The molecule has 0 saturated carbocycles. The molecule has 2 aromatic heterocycles. The molecule has 2 N–H and O–H groups in total. The molecule has 0 saturated heterocycles. The van der Waals surface area contributed by atoms with Crippen LogP contribution in [0.15, 0.2) is 67.0 Å². The fraction of sp³-hybridized carbons (Fsp3) is 0.150. The van der Waals surface area contributed by atoms with E-state index in [1.165, 1.54) is 0 Å². The first kappa shape index (κ1) is 16.8. The summed E-state index contributed by atoms with van der Waals surface area (Å²) in [6, 6.07) is 17.2. The molecule has 2 amide bonds. The maximum absolute atomic E-state index is 12.2. The van der Waals surface area contributed by atoms with Crippen LogP contribution in [0.1, 0.15) is 11.4 Å². The molecule has 136 valence electrons. The van der Waals surface area contributed by atoms with Gasteiger partial charge in [0.15, 0.2) is 0 Å². The Kier molecular flexibility index (Phi) is 4.57. The Morgan fingerprint density at radius 2 is 1.89 bits per heavy atom. The van der Waals surface area contributed by atoms with E-state index < -0.39 is 0 Å². The van der Waals surface area contributed by atoms with E-state index in [2.05, 4.69) is 20.7 Å². The van der Waals surface area contributed by atoms with Gasteiger partial charge >= 0.3 is 6.03 Å². The number of urea groups is 1. The lowest BCUT2D eigenvalue weighted by Gasteiger charge is -2.09. The molecule has 0 aliphatic heterocycles. The second-order valence-corrected chi connectivity index (χ2v) is 6.28. The van der Waals surface area contributed by atoms with Gasteiger partial charge in [0.2, 0.25) is 0 Å². The molecule has 0 aliphatic rings. The number of carbonyl (C=O) groups excluding carboxylic acids is 1. The van der Waals surface area contributed by atoms with Crippen LogP contribution in [0.4, 0.5) is 10.5 Å². The monoisotopic (exact) mass is 360 g/mol. The van der Waals surface area contributed by atoms with Gasteiger partial charge in [-0.2, -0.15) is 5.10 Å². The SMILES string of the molecule is Cn1c(CNC(=O)Nc2ccc(Cn3cccn3)cc2)nc2ccccc21. The van der Waals surface area contributed by atoms with Crippen LogP contribution in [0.2, 0.25) is 0 Å². The second-order valence-electron chi connectivity index (χ2n) is 6.28. The van der Waals surface area contributed by atoms with Crippen molar-refractivity contribution in [2.24, 2.45) is 7.05 Å². The fourth-order valence-corrected chi connectivity index (χ4v) is 2.96. The first-order chi connectivity index (χ1) is 13.2. The lowest BCUT2D eigenvalue weighted by Crippen LogP contribution is -2.29. The van der Waals surface area contributed by atoms with Crippen LogP contribution in [0.25, 0.3) is 11.0 Å². The van der Waals surface area contributed by atoms with Crippen molar-refractivity contribution in [2.75, 3.05) is 5.32 Å². The smallest absolute Gasteiger partial charge is 0.319 e. The summed E-state index contributed by atoms with van der Waals surface area (Å²) < 4.78 is 3.84. The predicted octanol–water partition coefficient (Wildman–Crippen LogP) is 3.14. The average Bonchev–Trinajstić information content (AvgIpc) is 3.30. The summed E-state index contributed by atoms with van der Waals surface area (Å²) in [5.74, 6) is 0.806. The number of hydrogen-bond donors (Lipinski definition) is 2. The second kappa shape index (κ2) is 7.33. The zero-order chi connectivity index (χ0) is 18.6. The van der Waals surface area contributed by atoms with Crippen LogP contribution in [0.5, 0.6) is 0 Å². The highest BCUT2D eigenvalue weighted by Gasteiger charge is 2.08. The molecule has 0 bridgehead atoms. The van der Waals surface area contributed by atoms with E-state index in [0.717, 1.165) is 28.1 Å². The number of carbonyl (C=O) groups is 1. The van der Waals surface area contributed by atoms with E-state index >= 15 is 0 Å². The number of aryl methyl sites for hydroxylation is 1. The highest BCUT2D eigenvalue weighted by molar-refractivity contribution is 5.89. The van der Waals surface area contributed by atoms with Crippen LogP contribution in [0, 0.1) is 0 Å². The Morgan fingerprint density at radius 1 is 1.07 bits per heavy atom. The summed E-state index contributed by atoms with van der Waals surface area (Å²) >= 11 is 0. The van der Waals surface area contributed by atoms with Crippen molar-refractivity contribution in [1.29, 1.82) is 0 Å². The maximum Gasteiger partial charge on any atom is 0.319 e. The van der Waals surface area contributed by atoms with Gasteiger partial charge < -0.3 is 15.2 Å². The fourth-order valence-electron chi connectivity index (χ4n) is 2.96. The predicted molar refractivity (Wildman–Crippen MR) is 104 cm³/mol. The molecule has 0 radical (unpaired) electrons. The zero-order valence-corrected chi connectivity index (χ0v) is 15.0. The lowest BCUT2D eigenvalue weighted by atomic mass is 10.2. The van der Waals surface area contributed by atoms with Gasteiger partial charge in [-0.15, -0.1) is 0 Å². The molecule has 0 aliphatic carbocycles. The van der Waals surface area contributed by atoms with Crippen molar-refractivity contribution in [2.45, 2.75) is 13.1 Å². The van der Waals surface area contributed by atoms with Gasteiger partial charge in [-0.05, 0) is 35.9 Å². The molecule has 0 fully saturated rings.